The number of carbonyl (C=O) groups excluding carboxylic acids is 2. The van der Waals surface area contributed by atoms with Crippen molar-refractivity contribution < 1.29 is 18.4 Å². The number of aromatic nitrogens is 4. The Bertz CT molecular complexity index is 1560. The van der Waals surface area contributed by atoms with E-state index in [-0.39, 0.29) is 30.2 Å². The highest BCUT2D eigenvalue weighted by Gasteiger charge is 2.29. The maximum atomic E-state index is 15.2. The first-order chi connectivity index (χ1) is 19.4. The zero-order valence-corrected chi connectivity index (χ0v) is 22.4. The van der Waals surface area contributed by atoms with Crippen LogP contribution in [-0.4, -0.2) is 75.1 Å². The van der Waals surface area contributed by atoms with Crippen LogP contribution in [-0.2, 0) is 6.54 Å². The second-order valence-electron chi connectivity index (χ2n) is 10.6. The Labute approximate surface area is 230 Å². The quantitative estimate of drug-likeness (QED) is 0.318. The fraction of sp³-hybridized carbons (Fsp3) is 0.393. The SMILES string of the molecule is CN(C)C(=O)N1CC[C@@H](Nc2n[nH]c3nccc(-c4ccc(CNC(=O)c5coc(C6CCC6)n5)c(F)c4)c23)C1. The van der Waals surface area contributed by atoms with Crippen molar-refractivity contribution in [1.82, 2.24) is 35.3 Å². The molecular weight excluding hydrogens is 515 g/mol. The number of carbonyl (C=O) groups is 2. The average Bonchev–Trinajstić information content (AvgIpc) is 3.67. The summed E-state index contributed by atoms with van der Waals surface area (Å²) in [6.07, 6.45) is 6.98. The van der Waals surface area contributed by atoms with Gasteiger partial charge >= 0.3 is 6.03 Å². The summed E-state index contributed by atoms with van der Waals surface area (Å²) in [5.41, 5.74) is 2.55. The number of amides is 3. The number of anilines is 1. The lowest BCUT2D eigenvalue weighted by molar-refractivity contribution is 0.0945. The van der Waals surface area contributed by atoms with Gasteiger partial charge in [0, 0.05) is 57.4 Å². The van der Waals surface area contributed by atoms with E-state index in [1.165, 1.54) is 12.3 Å². The van der Waals surface area contributed by atoms with Gasteiger partial charge in [0.1, 0.15) is 12.1 Å². The minimum Gasteiger partial charge on any atom is -0.448 e. The number of hydrogen-bond donors (Lipinski definition) is 3. The van der Waals surface area contributed by atoms with Gasteiger partial charge in [0.15, 0.2) is 23.0 Å². The van der Waals surface area contributed by atoms with Crippen LogP contribution >= 0.6 is 0 Å². The van der Waals surface area contributed by atoms with E-state index in [0.717, 1.165) is 36.6 Å². The van der Waals surface area contributed by atoms with Crippen LogP contribution in [0.25, 0.3) is 22.2 Å². The van der Waals surface area contributed by atoms with Crippen molar-refractivity contribution in [3.8, 4) is 11.1 Å². The number of hydrogen-bond acceptors (Lipinski definition) is 7. The number of likely N-dealkylation sites (tertiary alicyclic amines) is 1. The zero-order valence-electron chi connectivity index (χ0n) is 22.4. The molecule has 1 aliphatic carbocycles. The number of fused-ring (bicyclic) bond motifs is 1. The average molecular weight is 547 g/mol. The first-order valence-electron chi connectivity index (χ1n) is 13.5. The van der Waals surface area contributed by atoms with Crippen molar-refractivity contribution in [1.29, 1.82) is 0 Å². The molecule has 3 amide bonds. The smallest absolute Gasteiger partial charge is 0.319 e. The number of halogens is 1. The maximum Gasteiger partial charge on any atom is 0.319 e. The fourth-order valence-electron chi connectivity index (χ4n) is 5.18. The fourth-order valence-corrected chi connectivity index (χ4v) is 5.18. The molecule has 1 saturated heterocycles. The number of H-pyrrole nitrogens is 1. The second-order valence-corrected chi connectivity index (χ2v) is 10.6. The lowest BCUT2D eigenvalue weighted by Gasteiger charge is -2.21. The molecule has 4 aromatic rings. The molecule has 6 rings (SSSR count). The van der Waals surface area contributed by atoms with Crippen LogP contribution in [0.3, 0.4) is 0 Å². The lowest BCUT2D eigenvalue weighted by Crippen LogP contribution is -2.38. The van der Waals surface area contributed by atoms with Gasteiger partial charge in [0.2, 0.25) is 0 Å². The Morgan fingerprint density at radius 1 is 1.23 bits per heavy atom. The highest BCUT2D eigenvalue weighted by Crippen LogP contribution is 2.36. The molecular formula is C28H31FN8O3. The minimum absolute atomic E-state index is 0.0185. The predicted octanol–water partition coefficient (Wildman–Crippen LogP) is 4.12. The third-order valence-corrected chi connectivity index (χ3v) is 7.66. The molecule has 4 heterocycles. The zero-order chi connectivity index (χ0) is 27.8. The summed E-state index contributed by atoms with van der Waals surface area (Å²) in [7, 11) is 3.48. The second kappa shape index (κ2) is 10.6. The van der Waals surface area contributed by atoms with Crippen LogP contribution in [0.2, 0.25) is 0 Å². The van der Waals surface area contributed by atoms with Gasteiger partial charge in [-0.05, 0) is 42.5 Å². The molecule has 208 valence electrons. The van der Waals surface area contributed by atoms with Gasteiger partial charge in [-0.1, -0.05) is 18.6 Å². The number of pyridine rings is 1. The molecule has 2 fully saturated rings. The monoisotopic (exact) mass is 546 g/mol. The van der Waals surface area contributed by atoms with Gasteiger partial charge in [-0.2, -0.15) is 5.10 Å². The van der Waals surface area contributed by atoms with Gasteiger partial charge in [-0.25, -0.2) is 19.2 Å². The number of urea groups is 1. The molecule has 40 heavy (non-hydrogen) atoms. The standard InChI is InChI=1S/C28H31FN8O3/c1-36(2)28(39)37-11-9-19(14-37)32-25-23-20(8-10-30-24(23)34-35-25)17-6-7-18(21(29)12-17)13-31-26(38)22-15-40-27(33-22)16-4-3-5-16/h6-8,10,12,15-16,19H,3-5,9,11,13-14H2,1-2H3,(H,31,38)(H2,30,32,34,35)/t19-/m1/s1. The lowest BCUT2D eigenvalue weighted by atomic mass is 9.85. The molecule has 1 saturated carbocycles. The maximum absolute atomic E-state index is 15.2. The van der Waals surface area contributed by atoms with Crippen LogP contribution < -0.4 is 10.6 Å². The highest BCUT2D eigenvalue weighted by atomic mass is 19.1. The van der Waals surface area contributed by atoms with Gasteiger partial charge in [-0.15, -0.1) is 0 Å². The molecule has 1 atom stereocenters. The number of nitrogens with zero attached hydrogens (tertiary/aromatic N) is 5. The first-order valence-corrected chi connectivity index (χ1v) is 13.5. The Kier molecular flexibility index (Phi) is 6.82. The van der Waals surface area contributed by atoms with Crippen molar-refractivity contribution >= 4 is 28.8 Å². The van der Waals surface area contributed by atoms with Crippen LogP contribution in [0.15, 0.2) is 41.1 Å². The summed E-state index contributed by atoms with van der Waals surface area (Å²) in [6, 6.07) is 6.75. The summed E-state index contributed by atoms with van der Waals surface area (Å²) in [5, 5.41) is 14.3. The molecule has 0 unspecified atom stereocenters. The molecule has 2 aliphatic rings. The van der Waals surface area contributed by atoms with Crippen molar-refractivity contribution in [2.75, 3.05) is 32.5 Å². The van der Waals surface area contributed by atoms with Crippen molar-refractivity contribution in [2.45, 2.75) is 44.2 Å². The van der Waals surface area contributed by atoms with Gasteiger partial charge in [-0.3, -0.25) is 9.89 Å². The number of oxazole rings is 1. The van der Waals surface area contributed by atoms with E-state index in [0.29, 0.717) is 41.6 Å². The Morgan fingerprint density at radius 3 is 2.83 bits per heavy atom. The van der Waals surface area contributed by atoms with E-state index in [1.807, 2.05) is 12.1 Å². The molecule has 11 nitrogen and oxygen atoms in total. The molecule has 3 aromatic heterocycles. The molecule has 0 spiro atoms. The van der Waals surface area contributed by atoms with Crippen LogP contribution in [0.4, 0.5) is 15.0 Å². The van der Waals surface area contributed by atoms with Gasteiger partial charge in [0.25, 0.3) is 5.91 Å². The first kappa shape index (κ1) is 25.8. The van der Waals surface area contributed by atoms with E-state index in [2.05, 4.69) is 30.8 Å². The number of benzene rings is 1. The van der Waals surface area contributed by atoms with E-state index < -0.39 is 11.7 Å². The van der Waals surface area contributed by atoms with Crippen molar-refractivity contribution in [3.63, 3.8) is 0 Å². The Hall–Kier alpha value is -4.48. The van der Waals surface area contributed by atoms with E-state index >= 15 is 4.39 Å². The van der Waals surface area contributed by atoms with Crippen LogP contribution in [0.5, 0.6) is 0 Å². The molecule has 0 radical (unpaired) electrons. The number of aromatic amines is 1. The molecule has 1 aliphatic heterocycles. The van der Waals surface area contributed by atoms with Crippen molar-refractivity contribution in [2.24, 2.45) is 0 Å². The molecule has 12 heteroatoms. The summed E-state index contributed by atoms with van der Waals surface area (Å²) < 4.78 is 20.7. The topological polar surface area (TPSA) is 132 Å². The predicted molar refractivity (Wildman–Crippen MR) is 146 cm³/mol. The number of nitrogens with one attached hydrogen (secondary N) is 3. The summed E-state index contributed by atoms with van der Waals surface area (Å²) in [4.78, 5) is 36.9. The molecule has 0 bridgehead atoms. The Morgan fingerprint density at radius 2 is 2.08 bits per heavy atom. The van der Waals surface area contributed by atoms with Crippen LogP contribution in [0, 0.1) is 5.82 Å². The van der Waals surface area contributed by atoms with Crippen molar-refractivity contribution in [3.05, 3.63) is 59.7 Å². The van der Waals surface area contributed by atoms with E-state index in [1.54, 1.807) is 36.2 Å². The third-order valence-electron chi connectivity index (χ3n) is 7.66. The normalized spacial score (nSPS) is 17.2. The van der Waals surface area contributed by atoms with Gasteiger partial charge < -0.3 is 24.9 Å². The summed E-state index contributed by atoms with van der Waals surface area (Å²) >= 11 is 0. The number of rotatable bonds is 7. The van der Waals surface area contributed by atoms with Gasteiger partial charge in [0.05, 0.1) is 5.39 Å². The largest absolute Gasteiger partial charge is 0.448 e. The minimum atomic E-state index is -0.440. The molecule has 3 N–H and O–H groups in total. The van der Waals surface area contributed by atoms with E-state index in [9.17, 15) is 9.59 Å². The highest BCUT2D eigenvalue weighted by molar-refractivity contribution is 6.00. The third kappa shape index (κ3) is 4.96. The molecule has 1 aromatic carbocycles. The summed E-state index contributed by atoms with van der Waals surface area (Å²) in [5.74, 6) is 0.645. The van der Waals surface area contributed by atoms with E-state index in [4.69, 9.17) is 4.42 Å². The van der Waals surface area contributed by atoms with Crippen LogP contribution in [0.1, 0.15) is 53.5 Å². The Balaban J connectivity index is 1.16. The summed E-state index contributed by atoms with van der Waals surface area (Å²) in [6.45, 7) is 1.24.